The van der Waals surface area contributed by atoms with Gasteiger partial charge in [-0.15, -0.1) is 0 Å². The molecule has 0 fully saturated rings. The largest absolute Gasteiger partial charge is 0.491 e. The second-order valence-electron chi connectivity index (χ2n) is 5.72. The van der Waals surface area contributed by atoms with Crippen molar-refractivity contribution in [3.63, 3.8) is 0 Å². The minimum absolute atomic E-state index is 0.130. The lowest BCUT2D eigenvalue weighted by Crippen LogP contribution is -2.15. The van der Waals surface area contributed by atoms with E-state index in [9.17, 15) is 0 Å². The van der Waals surface area contributed by atoms with Crippen LogP contribution in [0.3, 0.4) is 0 Å². The van der Waals surface area contributed by atoms with Gasteiger partial charge in [0.1, 0.15) is 11.6 Å². The summed E-state index contributed by atoms with van der Waals surface area (Å²) >= 11 is 6.10. The molecule has 1 aromatic heterocycles. The van der Waals surface area contributed by atoms with Gasteiger partial charge in [-0.05, 0) is 44.2 Å². The Morgan fingerprint density at radius 3 is 2.78 bits per heavy atom. The van der Waals surface area contributed by atoms with Crippen LogP contribution in [0.25, 0.3) is 11.0 Å². The Kier molecular flexibility index (Phi) is 4.84. The van der Waals surface area contributed by atoms with Gasteiger partial charge in [-0.25, -0.2) is 4.98 Å². The lowest BCUT2D eigenvalue weighted by atomic mass is 10.2. The first kappa shape index (κ1) is 15.8. The Bertz CT molecular complexity index is 765. The van der Waals surface area contributed by atoms with Gasteiger partial charge >= 0.3 is 0 Å². The van der Waals surface area contributed by atoms with Crippen LogP contribution in [0.2, 0.25) is 5.02 Å². The molecule has 0 aliphatic rings. The summed E-state index contributed by atoms with van der Waals surface area (Å²) in [5.74, 6) is 1.78. The van der Waals surface area contributed by atoms with E-state index in [1.807, 2.05) is 56.3 Å². The van der Waals surface area contributed by atoms with Gasteiger partial charge in [0.15, 0.2) is 0 Å². The molecule has 0 radical (unpaired) electrons. The number of aromatic nitrogens is 2. The summed E-state index contributed by atoms with van der Waals surface area (Å²) in [6.45, 7) is 5.35. The van der Waals surface area contributed by atoms with Crippen molar-refractivity contribution < 1.29 is 4.74 Å². The van der Waals surface area contributed by atoms with E-state index in [-0.39, 0.29) is 6.10 Å². The highest BCUT2D eigenvalue weighted by Crippen LogP contribution is 2.24. The Morgan fingerprint density at radius 1 is 1.17 bits per heavy atom. The number of H-pyrrole nitrogens is 1. The third kappa shape index (κ3) is 4.03. The maximum atomic E-state index is 6.10. The van der Waals surface area contributed by atoms with Crippen molar-refractivity contribution in [3.05, 3.63) is 58.9 Å². The number of rotatable bonds is 6. The minimum atomic E-state index is 0.130. The van der Waals surface area contributed by atoms with Gasteiger partial charge in [-0.3, -0.25) is 0 Å². The van der Waals surface area contributed by atoms with Crippen molar-refractivity contribution in [2.45, 2.75) is 33.0 Å². The summed E-state index contributed by atoms with van der Waals surface area (Å²) in [5.41, 5.74) is 3.08. The van der Waals surface area contributed by atoms with Gasteiger partial charge in [0.2, 0.25) is 0 Å². The van der Waals surface area contributed by atoms with Crippen molar-refractivity contribution in [2.75, 3.05) is 0 Å². The molecule has 23 heavy (non-hydrogen) atoms. The molecule has 2 N–H and O–H groups in total. The first-order valence-electron chi connectivity index (χ1n) is 7.71. The van der Waals surface area contributed by atoms with Crippen LogP contribution in [0.4, 0.5) is 0 Å². The van der Waals surface area contributed by atoms with Crippen LogP contribution in [0, 0.1) is 0 Å². The van der Waals surface area contributed by atoms with E-state index in [2.05, 4.69) is 15.3 Å². The summed E-state index contributed by atoms with van der Waals surface area (Å²) in [5, 5.41) is 4.10. The molecule has 120 valence electrons. The third-order valence-electron chi connectivity index (χ3n) is 3.43. The summed E-state index contributed by atoms with van der Waals surface area (Å²) < 4.78 is 5.83. The molecule has 4 nitrogen and oxygen atoms in total. The number of hydrogen-bond donors (Lipinski definition) is 2. The maximum absolute atomic E-state index is 6.10. The molecule has 3 aromatic rings. The number of fused-ring (bicyclic) bond motifs is 1. The summed E-state index contributed by atoms with van der Waals surface area (Å²) in [6, 6.07) is 13.7. The fourth-order valence-electron chi connectivity index (χ4n) is 2.46. The zero-order valence-corrected chi connectivity index (χ0v) is 14.0. The van der Waals surface area contributed by atoms with Crippen molar-refractivity contribution >= 4 is 22.6 Å². The fourth-order valence-corrected chi connectivity index (χ4v) is 2.65. The number of halogens is 1. The van der Waals surface area contributed by atoms with E-state index < -0.39 is 0 Å². The molecule has 0 unspecified atom stereocenters. The highest BCUT2D eigenvalue weighted by Gasteiger charge is 2.07. The van der Waals surface area contributed by atoms with Crippen LogP contribution in [0.5, 0.6) is 5.75 Å². The molecular weight excluding hydrogens is 310 g/mol. The number of aromatic amines is 1. The number of ether oxygens (including phenoxy) is 1. The van der Waals surface area contributed by atoms with Crippen LogP contribution in [-0.4, -0.2) is 16.1 Å². The molecule has 2 aromatic carbocycles. The molecular formula is C18H20ClN3O. The van der Waals surface area contributed by atoms with Crippen LogP contribution in [0.1, 0.15) is 25.2 Å². The molecule has 0 atom stereocenters. The van der Waals surface area contributed by atoms with Gasteiger partial charge in [-0.1, -0.05) is 23.7 Å². The van der Waals surface area contributed by atoms with E-state index in [0.717, 1.165) is 28.2 Å². The van der Waals surface area contributed by atoms with Gasteiger partial charge in [0.05, 0.1) is 23.7 Å². The van der Waals surface area contributed by atoms with Crippen molar-refractivity contribution in [1.29, 1.82) is 0 Å². The molecule has 0 aliphatic heterocycles. The highest BCUT2D eigenvalue weighted by atomic mass is 35.5. The summed E-state index contributed by atoms with van der Waals surface area (Å²) in [4.78, 5) is 7.87. The molecule has 0 spiro atoms. The first-order valence-corrected chi connectivity index (χ1v) is 8.09. The smallest absolute Gasteiger partial charge is 0.124 e. The lowest BCUT2D eigenvalue weighted by Gasteiger charge is -2.15. The second-order valence-corrected chi connectivity index (χ2v) is 6.16. The van der Waals surface area contributed by atoms with Crippen LogP contribution in [0.15, 0.2) is 42.5 Å². The van der Waals surface area contributed by atoms with E-state index in [1.54, 1.807) is 0 Å². The van der Waals surface area contributed by atoms with Crippen molar-refractivity contribution in [2.24, 2.45) is 0 Å². The zero-order chi connectivity index (χ0) is 16.2. The predicted molar refractivity (Wildman–Crippen MR) is 93.9 cm³/mol. The molecule has 0 saturated heterocycles. The van der Waals surface area contributed by atoms with Crippen LogP contribution in [-0.2, 0) is 13.1 Å². The Labute approximate surface area is 140 Å². The average Bonchev–Trinajstić information content (AvgIpc) is 2.92. The fraction of sp³-hybridized carbons (Fsp3) is 0.278. The molecule has 0 saturated carbocycles. The Hall–Kier alpha value is -2.04. The van der Waals surface area contributed by atoms with E-state index >= 15 is 0 Å². The lowest BCUT2D eigenvalue weighted by molar-refractivity contribution is 0.239. The number of nitrogens with one attached hydrogen (secondary N) is 2. The summed E-state index contributed by atoms with van der Waals surface area (Å²) in [6.07, 6.45) is 0.130. The number of imidazole rings is 1. The predicted octanol–water partition coefficient (Wildman–Crippen LogP) is 4.29. The highest BCUT2D eigenvalue weighted by molar-refractivity contribution is 6.30. The van der Waals surface area contributed by atoms with Crippen LogP contribution >= 0.6 is 11.6 Å². The maximum Gasteiger partial charge on any atom is 0.124 e. The molecule has 1 heterocycles. The average molecular weight is 330 g/mol. The standard InChI is InChI=1S/C18H20ClN3O/c1-12(2)23-17-8-7-14(19)9-13(17)10-20-11-18-21-15-5-3-4-6-16(15)22-18/h3-9,12,20H,10-11H2,1-2H3,(H,21,22). The first-order chi connectivity index (χ1) is 11.1. The molecule has 0 amide bonds. The van der Waals surface area contributed by atoms with Gasteiger partial charge in [-0.2, -0.15) is 0 Å². The third-order valence-corrected chi connectivity index (χ3v) is 3.67. The number of hydrogen-bond acceptors (Lipinski definition) is 3. The normalized spacial score (nSPS) is 11.3. The zero-order valence-electron chi connectivity index (χ0n) is 13.3. The van der Waals surface area contributed by atoms with Crippen molar-refractivity contribution in [1.82, 2.24) is 15.3 Å². The van der Waals surface area contributed by atoms with E-state index in [0.29, 0.717) is 18.1 Å². The number of benzene rings is 2. The second kappa shape index (κ2) is 7.02. The topological polar surface area (TPSA) is 49.9 Å². The SMILES string of the molecule is CC(C)Oc1ccc(Cl)cc1CNCc1nc2ccccc2[nH]1. The van der Waals surface area contributed by atoms with Crippen LogP contribution < -0.4 is 10.1 Å². The number of nitrogens with zero attached hydrogens (tertiary/aromatic N) is 1. The Morgan fingerprint density at radius 2 is 2.00 bits per heavy atom. The molecule has 0 aliphatic carbocycles. The number of para-hydroxylation sites is 2. The molecule has 3 rings (SSSR count). The Balaban J connectivity index is 1.67. The molecule has 0 bridgehead atoms. The van der Waals surface area contributed by atoms with Gasteiger partial charge in [0, 0.05) is 17.1 Å². The van der Waals surface area contributed by atoms with Gasteiger partial charge in [0.25, 0.3) is 0 Å². The van der Waals surface area contributed by atoms with Gasteiger partial charge < -0.3 is 15.0 Å². The van der Waals surface area contributed by atoms with E-state index in [1.165, 1.54) is 0 Å². The molecule has 5 heteroatoms. The quantitative estimate of drug-likeness (QED) is 0.709. The van der Waals surface area contributed by atoms with E-state index in [4.69, 9.17) is 16.3 Å². The van der Waals surface area contributed by atoms with Crippen molar-refractivity contribution in [3.8, 4) is 5.75 Å². The monoisotopic (exact) mass is 329 g/mol. The minimum Gasteiger partial charge on any atom is -0.491 e. The summed E-state index contributed by atoms with van der Waals surface area (Å²) in [7, 11) is 0.